The number of hydrogen-bond acceptors (Lipinski definition) is 6. The maximum Gasteiger partial charge on any atom is 0.229 e. The summed E-state index contributed by atoms with van der Waals surface area (Å²) in [6.07, 6.45) is 4.82. The molecular formula is C23H26FN7O. The molecule has 5 heterocycles. The molecule has 4 atom stereocenters. The largest absolute Gasteiger partial charge is 0.363 e. The van der Waals surface area contributed by atoms with Crippen molar-refractivity contribution in [2.75, 3.05) is 37.0 Å². The Balaban J connectivity index is 1.28. The average Bonchev–Trinajstić information content (AvgIpc) is 3.26. The Labute approximate surface area is 185 Å². The van der Waals surface area contributed by atoms with Crippen molar-refractivity contribution in [2.24, 2.45) is 5.92 Å². The number of hydrogen-bond donors (Lipinski definition) is 1. The Morgan fingerprint density at radius 2 is 1.91 bits per heavy atom. The second-order valence-electron chi connectivity index (χ2n) is 9.34. The third kappa shape index (κ3) is 3.10. The fourth-order valence-corrected chi connectivity index (χ4v) is 5.19. The van der Waals surface area contributed by atoms with E-state index in [1.54, 1.807) is 6.33 Å². The first kappa shape index (κ1) is 19.5. The van der Waals surface area contributed by atoms with Gasteiger partial charge in [-0.1, -0.05) is 0 Å². The Morgan fingerprint density at radius 3 is 2.53 bits per heavy atom. The maximum atomic E-state index is 13.5. The molecule has 1 amide bonds. The number of nitrogens with zero attached hydrogens (tertiary/aromatic N) is 6. The summed E-state index contributed by atoms with van der Waals surface area (Å²) in [6, 6.07) is 6.36. The second-order valence-corrected chi connectivity index (χ2v) is 9.34. The zero-order chi connectivity index (χ0) is 22.0. The number of aromatic amines is 1. The summed E-state index contributed by atoms with van der Waals surface area (Å²) in [6.45, 7) is 1.44. The molecule has 1 aliphatic carbocycles. The van der Waals surface area contributed by atoms with Crippen LogP contribution in [0.4, 0.5) is 16.0 Å². The predicted octanol–water partition coefficient (Wildman–Crippen LogP) is 2.62. The van der Waals surface area contributed by atoms with E-state index in [1.165, 1.54) is 0 Å². The molecule has 3 aromatic heterocycles. The van der Waals surface area contributed by atoms with Crippen molar-refractivity contribution in [1.82, 2.24) is 24.8 Å². The number of amides is 1. The van der Waals surface area contributed by atoms with Gasteiger partial charge in [-0.3, -0.25) is 4.79 Å². The normalized spacial score (nSPS) is 26.6. The summed E-state index contributed by atoms with van der Waals surface area (Å²) in [5.41, 5.74) is 2.71. The highest BCUT2D eigenvalue weighted by Crippen LogP contribution is 2.41. The smallest absolute Gasteiger partial charge is 0.229 e. The summed E-state index contributed by atoms with van der Waals surface area (Å²) in [5, 5.41) is 0.962. The van der Waals surface area contributed by atoms with E-state index in [1.807, 2.05) is 42.2 Å². The van der Waals surface area contributed by atoms with Crippen molar-refractivity contribution in [3.05, 3.63) is 30.7 Å². The van der Waals surface area contributed by atoms with Crippen molar-refractivity contribution < 1.29 is 9.18 Å². The minimum atomic E-state index is -0.944. The van der Waals surface area contributed by atoms with E-state index in [2.05, 4.69) is 30.9 Å². The Morgan fingerprint density at radius 1 is 1.16 bits per heavy atom. The molecule has 1 saturated carbocycles. The van der Waals surface area contributed by atoms with Gasteiger partial charge in [0.25, 0.3) is 0 Å². The van der Waals surface area contributed by atoms with Gasteiger partial charge in [-0.05, 0) is 37.5 Å². The second kappa shape index (κ2) is 7.15. The number of anilines is 2. The van der Waals surface area contributed by atoms with Gasteiger partial charge < -0.3 is 19.7 Å². The molecule has 2 aliphatic heterocycles. The zero-order valence-corrected chi connectivity index (χ0v) is 18.2. The molecule has 166 valence electrons. The number of alkyl halides is 1. The van der Waals surface area contributed by atoms with E-state index in [4.69, 9.17) is 0 Å². The third-order valence-electron chi connectivity index (χ3n) is 6.99. The van der Waals surface area contributed by atoms with Crippen LogP contribution in [-0.4, -0.2) is 76.2 Å². The summed E-state index contributed by atoms with van der Waals surface area (Å²) < 4.78 is 13.5. The highest BCUT2D eigenvalue weighted by Gasteiger charge is 2.51. The van der Waals surface area contributed by atoms with Gasteiger partial charge in [-0.25, -0.2) is 19.3 Å². The predicted molar refractivity (Wildman–Crippen MR) is 120 cm³/mol. The number of pyridine rings is 1. The molecule has 32 heavy (non-hydrogen) atoms. The highest BCUT2D eigenvalue weighted by molar-refractivity contribution is 5.92. The molecule has 3 unspecified atom stereocenters. The Hall–Kier alpha value is -3.23. The molecule has 0 aromatic carbocycles. The van der Waals surface area contributed by atoms with E-state index in [-0.39, 0.29) is 18.0 Å². The van der Waals surface area contributed by atoms with Gasteiger partial charge in [0, 0.05) is 56.7 Å². The van der Waals surface area contributed by atoms with Crippen LogP contribution in [0.3, 0.4) is 0 Å². The maximum absolute atomic E-state index is 13.5. The van der Waals surface area contributed by atoms with Crippen LogP contribution < -0.4 is 9.80 Å². The van der Waals surface area contributed by atoms with Crippen molar-refractivity contribution in [3.63, 3.8) is 0 Å². The van der Waals surface area contributed by atoms with Gasteiger partial charge in [0.2, 0.25) is 5.91 Å². The van der Waals surface area contributed by atoms with Gasteiger partial charge in [0.05, 0.1) is 11.3 Å². The third-order valence-corrected chi connectivity index (χ3v) is 6.99. The zero-order valence-electron chi connectivity index (χ0n) is 18.2. The molecule has 6 rings (SSSR count). The summed E-state index contributed by atoms with van der Waals surface area (Å²) in [4.78, 5) is 35.9. The lowest BCUT2D eigenvalue weighted by Crippen LogP contribution is -2.56. The Bertz CT molecular complexity index is 1160. The van der Waals surface area contributed by atoms with Crippen LogP contribution in [0.25, 0.3) is 22.3 Å². The first-order valence-corrected chi connectivity index (χ1v) is 11.2. The monoisotopic (exact) mass is 435 g/mol. The first-order chi connectivity index (χ1) is 15.5. The van der Waals surface area contributed by atoms with Gasteiger partial charge in [0.15, 0.2) is 0 Å². The topological polar surface area (TPSA) is 81.2 Å². The van der Waals surface area contributed by atoms with Crippen molar-refractivity contribution >= 4 is 28.6 Å². The van der Waals surface area contributed by atoms with Crippen LogP contribution in [0, 0.1) is 5.92 Å². The van der Waals surface area contributed by atoms with Crippen molar-refractivity contribution in [1.29, 1.82) is 0 Å². The summed E-state index contributed by atoms with van der Waals surface area (Å²) in [5.74, 6) is 1.39. The van der Waals surface area contributed by atoms with Crippen LogP contribution in [0.1, 0.15) is 19.3 Å². The van der Waals surface area contributed by atoms with E-state index >= 15 is 0 Å². The van der Waals surface area contributed by atoms with Crippen LogP contribution >= 0.6 is 0 Å². The van der Waals surface area contributed by atoms with E-state index < -0.39 is 12.1 Å². The molecule has 9 heteroatoms. The summed E-state index contributed by atoms with van der Waals surface area (Å²) >= 11 is 0. The fourth-order valence-electron chi connectivity index (χ4n) is 5.19. The molecule has 8 nitrogen and oxygen atoms in total. The molecule has 2 saturated heterocycles. The van der Waals surface area contributed by atoms with Crippen LogP contribution in [0.5, 0.6) is 0 Å². The fraction of sp³-hybridized carbons (Fsp3) is 0.478. The lowest BCUT2D eigenvalue weighted by atomic mass is 10.1. The minimum Gasteiger partial charge on any atom is -0.363 e. The van der Waals surface area contributed by atoms with Crippen LogP contribution in [0.15, 0.2) is 30.7 Å². The molecule has 0 radical (unpaired) electrons. The number of carbonyl (C=O) groups excluding carboxylic acids is 1. The van der Waals surface area contributed by atoms with Gasteiger partial charge >= 0.3 is 0 Å². The lowest BCUT2D eigenvalue weighted by molar-refractivity contribution is -0.136. The van der Waals surface area contributed by atoms with Gasteiger partial charge in [0.1, 0.15) is 29.8 Å². The van der Waals surface area contributed by atoms with E-state index in [0.29, 0.717) is 6.42 Å². The quantitative estimate of drug-likeness (QED) is 0.679. The van der Waals surface area contributed by atoms with E-state index in [9.17, 15) is 9.18 Å². The summed E-state index contributed by atoms with van der Waals surface area (Å²) in [7, 11) is 3.93. The number of fused-ring (bicyclic) bond motifs is 3. The standard InChI is InChI=1S/C23H26FN7O/c1-29(2)20-6-3-13(9-25-20)19-8-17-21(28-19)26-12-27-22(17)30-10-14-4-5-15(11-30)31(14)23(32)16-7-18(16)24/h3,6,8-9,12,14-16,18H,4-5,7,10-11H2,1-2H3,(H,26,27,28)/t14?,15?,16?,18-/m1/s1. The molecule has 1 N–H and O–H groups in total. The van der Waals surface area contributed by atoms with Crippen molar-refractivity contribution in [3.8, 4) is 11.3 Å². The average molecular weight is 436 g/mol. The number of aromatic nitrogens is 4. The molecule has 2 bridgehead atoms. The van der Waals surface area contributed by atoms with Crippen LogP contribution in [-0.2, 0) is 4.79 Å². The highest BCUT2D eigenvalue weighted by atomic mass is 19.1. The first-order valence-electron chi connectivity index (χ1n) is 11.2. The van der Waals surface area contributed by atoms with Gasteiger partial charge in [-0.15, -0.1) is 0 Å². The number of nitrogens with one attached hydrogen (secondary N) is 1. The molecule has 0 spiro atoms. The lowest BCUT2D eigenvalue weighted by Gasteiger charge is -2.41. The van der Waals surface area contributed by atoms with Crippen molar-refractivity contribution in [2.45, 2.75) is 37.5 Å². The van der Waals surface area contributed by atoms with E-state index in [0.717, 1.165) is 59.9 Å². The number of piperazine rings is 1. The van der Waals surface area contributed by atoms with Crippen LogP contribution in [0.2, 0.25) is 0 Å². The van der Waals surface area contributed by atoms with Gasteiger partial charge in [-0.2, -0.15) is 0 Å². The molecule has 3 aliphatic rings. The molecule has 3 fully saturated rings. The number of H-pyrrole nitrogens is 1. The minimum absolute atomic E-state index is 0.00934. The number of halogens is 1. The Kier molecular flexibility index (Phi) is 4.34. The molecular weight excluding hydrogens is 409 g/mol. The number of rotatable bonds is 4. The molecule has 3 aromatic rings. The number of carbonyl (C=O) groups is 1. The SMILES string of the molecule is CN(C)c1ccc(-c2cc3c(N4CC5CCC(C4)N5C(=O)C4C[C@H]4F)ncnc3[nH]2)cn1.